The van der Waals surface area contributed by atoms with Crippen molar-refractivity contribution in [3.8, 4) is 5.75 Å². The second-order valence-corrected chi connectivity index (χ2v) is 4.62. The minimum atomic E-state index is -0.157. The van der Waals surface area contributed by atoms with Crippen LogP contribution in [-0.2, 0) is 4.79 Å². The first-order chi connectivity index (χ1) is 9.60. The number of nitrogens with zero attached hydrogens (tertiary/aromatic N) is 1. The Morgan fingerprint density at radius 3 is 3.10 bits per heavy atom. The van der Waals surface area contributed by atoms with Crippen LogP contribution in [0.15, 0.2) is 23.3 Å². The van der Waals surface area contributed by atoms with Crippen molar-refractivity contribution in [2.75, 3.05) is 18.5 Å². The lowest BCUT2D eigenvalue weighted by molar-refractivity contribution is -0.118. The van der Waals surface area contributed by atoms with E-state index in [2.05, 4.69) is 21.2 Å². The van der Waals surface area contributed by atoms with E-state index in [1.165, 1.54) is 0 Å². The van der Waals surface area contributed by atoms with Gasteiger partial charge in [0.15, 0.2) is 11.7 Å². The third-order valence-corrected chi connectivity index (χ3v) is 2.93. The average molecular weight is 292 g/mol. The van der Waals surface area contributed by atoms with Crippen molar-refractivity contribution < 1.29 is 9.53 Å². The maximum absolute atomic E-state index is 11.3. The second-order valence-electron chi connectivity index (χ2n) is 4.22. The topological polar surface area (TPSA) is 74.8 Å². The van der Waals surface area contributed by atoms with Crippen LogP contribution >= 0.6 is 12.2 Å². The van der Waals surface area contributed by atoms with Gasteiger partial charge in [0.2, 0.25) is 0 Å². The van der Waals surface area contributed by atoms with Crippen molar-refractivity contribution >= 4 is 34.6 Å². The van der Waals surface area contributed by atoms with Gasteiger partial charge in [-0.1, -0.05) is 0 Å². The van der Waals surface area contributed by atoms with Crippen molar-refractivity contribution in [1.29, 1.82) is 0 Å². The molecule has 1 aromatic carbocycles. The molecular formula is C13H16N4O2S. The molecule has 0 saturated carbocycles. The molecule has 0 fully saturated rings. The first kappa shape index (κ1) is 14.3. The molecule has 0 bridgehead atoms. The van der Waals surface area contributed by atoms with Gasteiger partial charge in [-0.05, 0) is 49.8 Å². The number of amides is 1. The average Bonchev–Trinajstić information content (AvgIpc) is 2.44. The highest BCUT2D eigenvalue weighted by atomic mass is 32.1. The van der Waals surface area contributed by atoms with E-state index in [0.717, 1.165) is 17.8 Å². The van der Waals surface area contributed by atoms with Gasteiger partial charge in [-0.25, -0.2) is 0 Å². The highest BCUT2D eigenvalue weighted by molar-refractivity contribution is 7.80. The number of ether oxygens (including phenoxy) is 1. The SMILES string of the molecule is CCNC(=S)N/N=C(/C)c1ccc2c(c1)NC(=O)CO2. The molecule has 0 aromatic heterocycles. The predicted octanol–water partition coefficient (Wildman–Crippen LogP) is 1.23. The van der Waals surface area contributed by atoms with Crippen LogP contribution in [0.3, 0.4) is 0 Å². The van der Waals surface area contributed by atoms with E-state index in [-0.39, 0.29) is 12.5 Å². The summed E-state index contributed by atoms with van der Waals surface area (Å²) in [6, 6.07) is 5.52. The summed E-state index contributed by atoms with van der Waals surface area (Å²) >= 11 is 5.03. The quantitative estimate of drug-likeness (QED) is 0.444. The molecule has 3 N–H and O–H groups in total. The largest absolute Gasteiger partial charge is 0.482 e. The Bertz CT molecular complexity index is 571. The van der Waals surface area contributed by atoms with E-state index in [1.807, 2.05) is 32.0 Å². The van der Waals surface area contributed by atoms with Gasteiger partial charge >= 0.3 is 0 Å². The van der Waals surface area contributed by atoms with E-state index >= 15 is 0 Å². The Kier molecular flexibility index (Phi) is 4.52. The lowest BCUT2D eigenvalue weighted by Crippen LogP contribution is -2.32. The third-order valence-electron chi connectivity index (χ3n) is 2.69. The Morgan fingerprint density at radius 2 is 2.35 bits per heavy atom. The molecule has 0 atom stereocenters. The van der Waals surface area contributed by atoms with Gasteiger partial charge in [-0.3, -0.25) is 10.2 Å². The van der Waals surface area contributed by atoms with E-state index < -0.39 is 0 Å². The highest BCUT2D eigenvalue weighted by Gasteiger charge is 2.16. The second kappa shape index (κ2) is 6.33. The van der Waals surface area contributed by atoms with E-state index in [4.69, 9.17) is 17.0 Å². The van der Waals surface area contributed by atoms with Crippen LogP contribution in [0.5, 0.6) is 5.75 Å². The predicted molar refractivity (Wildman–Crippen MR) is 82.2 cm³/mol. The van der Waals surface area contributed by atoms with Crippen LogP contribution in [-0.4, -0.2) is 29.9 Å². The smallest absolute Gasteiger partial charge is 0.262 e. The summed E-state index contributed by atoms with van der Waals surface area (Å²) in [4.78, 5) is 11.3. The molecule has 1 aliphatic rings. The Balaban J connectivity index is 2.12. The van der Waals surface area contributed by atoms with Crippen molar-refractivity contribution in [2.24, 2.45) is 5.10 Å². The Morgan fingerprint density at radius 1 is 1.55 bits per heavy atom. The number of hydrogen-bond acceptors (Lipinski definition) is 4. The lowest BCUT2D eigenvalue weighted by Gasteiger charge is -2.18. The number of benzene rings is 1. The molecule has 6 nitrogen and oxygen atoms in total. The van der Waals surface area contributed by atoms with Crippen LogP contribution in [0.1, 0.15) is 19.4 Å². The molecule has 0 unspecified atom stereocenters. The molecule has 7 heteroatoms. The summed E-state index contributed by atoms with van der Waals surface area (Å²) in [5.74, 6) is 0.507. The van der Waals surface area contributed by atoms with Crippen molar-refractivity contribution in [2.45, 2.75) is 13.8 Å². The van der Waals surface area contributed by atoms with Crippen molar-refractivity contribution in [1.82, 2.24) is 10.7 Å². The van der Waals surface area contributed by atoms with Gasteiger partial charge in [0.25, 0.3) is 5.91 Å². The molecule has 20 heavy (non-hydrogen) atoms. The van der Waals surface area contributed by atoms with Crippen LogP contribution in [0.4, 0.5) is 5.69 Å². The van der Waals surface area contributed by atoms with Gasteiger partial charge < -0.3 is 15.4 Å². The number of hydrazone groups is 1. The molecule has 1 aromatic rings. The zero-order valence-electron chi connectivity index (χ0n) is 11.3. The number of carbonyl (C=O) groups excluding carboxylic acids is 1. The van der Waals surface area contributed by atoms with E-state index in [0.29, 0.717) is 16.5 Å². The normalized spacial score (nSPS) is 13.9. The highest BCUT2D eigenvalue weighted by Crippen LogP contribution is 2.28. The fourth-order valence-electron chi connectivity index (χ4n) is 1.71. The van der Waals surface area contributed by atoms with Crippen LogP contribution in [0.25, 0.3) is 0 Å². The summed E-state index contributed by atoms with van der Waals surface area (Å²) in [5, 5.41) is 10.4. The number of nitrogens with one attached hydrogen (secondary N) is 3. The van der Waals surface area contributed by atoms with Gasteiger partial charge in [-0.2, -0.15) is 5.10 Å². The first-order valence-electron chi connectivity index (χ1n) is 6.25. The fraction of sp³-hybridized carbons (Fsp3) is 0.308. The molecule has 1 amide bonds. The first-order valence-corrected chi connectivity index (χ1v) is 6.66. The van der Waals surface area contributed by atoms with Gasteiger partial charge in [0.05, 0.1) is 11.4 Å². The Labute approximate surface area is 122 Å². The monoisotopic (exact) mass is 292 g/mol. The zero-order valence-corrected chi connectivity index (χ0v) is 12.1. The maximum atomic E-state index is 11.3. The third kappa shape index (κ3) is 3.45. The molecule has 0 spiro atoms. The summed E-state index contributed by atoms with van der Waals surface area (Å²) < 4.78 is 5.30. The standard InChI is InChI=1S/C13H16N4O2S/c1-3-14-13(20)17-16-8(2)9-4-5-11-10(6-9)15-12(18)7-19-11/h4-6H,3,7H2,1-2H3,(H,15,18)(H2,14,17,20)/b16-8-. The number of rotatable bonds is 3. The number of anilines is 1. The molecule has 0 saturated heterocycles. The van der Waals surface area contributed by atoms with Crippen LogP contribution in [0.2, 0.25) is 0 Å². The van der Waals surface area contributed by atoms with Crippen LogP contribution < -0.4 is 20.8 Å². The molecule has 1 heterocycles. The van der Waals surface area contributed by atoms with E-state index in [9.17, 15) is 4.79 Å². The van der Waals surface area contributed by atoms with Crippen molar-refractivity contribution in [3.63, 3.8) is 0 Å². The Hall–Kier alpha value is -2.15. The molecular weight excluding hydrogens is 276 g/mol. The minimum Gasteiger partial charge on any atom is -0.482 e. The summed E-state index contributed by atoms with van der Waals surface area (Å²) in [7, 11) is 0. The lowest BCUT2D eigenvalue weighted by atomic mass is 10.1. The summed E-state index contributed by atoms with van der Waals surface area (Å²) in [6.07, 6.45) is 0. The molecule has 0 radical (unpaired) electrons. The van der Waals surface area contributed by atoms with E-state index in [1.54, 1.807) is 0 Å². The molecule has 106 valence electrons. The summed E-state index contributed by atoms with van der Waals surface area (Å²) in [6.45, 7) is 4.60. The summed E-state index contributed by atoms with van der Waals surface area (Å²) in [5.41, 5.74) is 5.05. The number of fused-ring (bicyclic) bond motifs is 1. The molecule has 1 aliphatic heterocycles. The van der Waals surface area contributed by atoms with Crippen molar-refractivity contribution in [3.05, 3.63) is 23.8 Å². The fourth-order valence-corrected chi connectivity index (χ4v) is 1.90. The van der Waals surface area contributed by atoms with Gasteiger partial charge in [0.1, 0.15) is 5.75 Å². The van der Waals surface area contributed by atoms with Crippen LogP contribution in [0, 0.1) is 0 Å². The number of carbonyl (C=O) groups is 1. The minimum absolute atomic E-state index is 0.0535. The number of hydrogen-bond donors (Lipinski definition) is 3. The number of thiocarbonyl (C=S) groups is 1. The van der Waals surface area contributed by atoms with Gasteiger partial charge in [0, 0.05) is 6.54 Å². The maximum Gasteiger partial charge on any atom is 0.262 e. The zero-order chi connectivity index (χ0) is 14.5. The molecule has 0 aliphatic carbocycles. The van der Waals surface area contributed by atoms with Gasteiger partial charge in [-0.15, -0.1) is 0 Å². The molecule has 2 rings (SSSR count).